The maximum atomic E-state index is 13.3. The Kier molecular flexibility index (Phi) is 6.31. The number of aliphatic hydroxyl groups excluding tert-OH is 1. The highest BCUT2D eigenvalue weighted by Crippen LogP contribution is 2.18. The standard InChI is InChI=1S/C17H18F2O4/c1-21-15-5-2-12(3-6-15)9-22-10-14(20)11-23-17-8-13(18)4-7-16(17)19/h2-8,14,20H,9-11H2,1H3. The third-order valence-electron chi connectivity index (χ3n) is 3.06. The van der Waals surface area contributed by atoms with E-state index in [1.807, 2.05) is 24.3 Å². The van der Waals surface area contributed by atoms with Crippen LogP contribution in [-0.2, 0) is 11.3 Å². The molecule has 0 fully saturated rings. The van der Waals surface area contributed by atoms with Gasteiger partial charge >= 0.3 is 0 Å². The summed E-state index contributed by atoms with van der Waals surface area (Å²) in [6.07, 6.45) is -0.948. The van der Waals surface area contributed by atoms with Crippen LogP contribution in [0.4, 0.5) is 8.78 Å². The van der Waals surface area contributed by atoms with Gasteiger partial charge in [0, 0.05) is 6.07 Å². The molecule has 0 heterocycles. The first-order chi connectivity index (χ1) is 11.1. The van der Waals surface area contributed by atoms with Gasteiger partial charge < -0.3 is 19.3 Å². The van der Waals surface area contributed by atoms with E-state index in [1.54, 1.807) is 7.11 Å². The summed E-state index contributed by atoms with van der Waals surface area (Å²) < 4.78 is 41.8. The van der Waals surface area contributed by atoms with Crippen LogP contribution in [-0.4, -0.2) is 31.5 Å². The molecule has 2 aromatic rings. The van der Waals surface area contributed by atoms with Crippen molar-refractivity contribution in [2.24, 2.45) is 0 Å². The first kappa shape index (κ1) is 17.2. The average molecular weight is 324 g/mol. The van der Waals surface area contributed by atoms with E-state index in [9.17, 15) is 13.9 Å². The Labute approximate surface area is 133 Å². The second-order valence-corrected chi connectivity index (χ2v) is 4.90. The molecular weight excluding hydrogens is 306 g/mol. The number of methoxy groups -OCH3 is 1. The Bertz CT molecular complexity index is 616. The second-order valence-electron chi connectivity index (χ2n) is 4.90. The van der Waals surface area contributed by atoms with E-state index < -0.39 is 17.7 Å². The van der Waals surface area contributed by atoms with Crippen LogP contribution < -0.4 is 9.47 Å². The molecule has 1 unspecified atom stereocenters. The average Bonchev–Trinajstić information content (AvgIpc) is 2.56. The highest BCUT2D eigenvalue weighted by Gasteiger charge is 2.09. The molecule has 6 heteroatoms. The van der Waals surface area contributed by atoms with E-state index in [2.05, 4.69) is 0 Å². The van der Waals surface area contributed by atoms with Crippen LogP contribution in [0.5, 0.6) is 11.5 Å². The first-order valence-corrected chi connectivity index (χ1v) is 7.05. The second kappa shape index (κ2) is 8.45. The van der Waals surface area contributed by atoms with Gasteiger partial charge in [-0.3, -0.25) is 0 Å². The summed E-state index contributed by atoms with van der Waals surface area (Å²) in [5.41, 5.74) is 0.926. The van der Waals surface area contributed by atoms with Gasteiger partial charge in [0.25, 0.3) is 0 Å². The SMILES string of the molecule is COc1ccc(COCC(O)COc2cc(F)ccc2F)cc1. The fourth-order valence-electron chi connectivity index (χ4n) is 1.86. The summed E-state index contributed by atoms with van der Waals surface area (Å²) in [7, 11) is 1.59. The van der Waals surface area contributed by atoms with Gasteiger partial charge in [0.15, 0.2) is 11.6 Å². The topological polar surface area (TPSA) is 47.9 Å². The van der Waals surface area contributed by atoms with Gasteiger partial charge in [0.1, 0.15) is 24.3 Å². The summed E-state index contributed by atoms with van der Waals surface area (Å²) in [6.45, 7) is 0.140. The van der Waals surface area contributed by atoms with Crippen LogP contribution in [0.3, 0.4) is 0 Å². The minimum atomic E-state index is -0.948. The van der Waals surface area contributed by atoms with E-state index in [1.165, 1.54) is 0 Å². The molecule has 4 nitrogen and oxygen atoms in total. The van der Waals surface area contributed by atoms with Crippen molar-refractivity contribution in [3.05, 3.63) is 59.7 Å². The van der Waals surface area contributed by atoms with E-state index in [0.717, 1.165) is 29.5 Å². The van der Waals surface area contributed by atoms with Gasteiger partial charge in [0.05, 0.1) is 20.3 Å². The number of benzene rings is 2. The van der Waals surface area contributed by atoms with E-state index in [4.69, 9.17) is 14.2 Å². The Morgan fingerprint density at radius 2 is 1.78 bits per heavy atom. The van der Waals surface area contributed by atoms with Crippen LogP contribution in [0.1, 0.15) is 5.56 Å². The van der Waals surface area contributed by atoms with Crippen LogP contribution in [0, 0.1) is 11.6 Å². The van der Waals surface area contributed by atoms with Gasteiger partial charge in [-0.15, -0.1) is 0 Å². The van der Waals surface area contributed by atoms with Crippen LogP contribution in [0.2, 0.25) is 0 Å². The van der Waals surface area contributed by atoms with Crippen molar-refractivity contribution in [2.75, 3.05) is 20.3 Å². The largest absolute Gasteiger partial charge is 0.497 e. The Balaban J connectivity index is 1.72. The van der Waals surface area contributed by atoms with Gasteiger partial charge in [-0.2, -0.15) is 0 Å². The van der Waals surface area contributed by atoms with E-state index in [0.29, 0.717) is 6.61 Å². The third-order valence-corrected chi connectivity index (χ3v) is 3.06. The zero-order valence-corrected chi connectivity index (χ0v) is 12.7. The van der Waals surface area contributed by atoms with Crippen LogP contribution >= 0.6 is 0 Å². The Hall–Kier alpha value is -2.18. The molecule has 0 aliphatic heterocycles. The molecule has 0 saturated heterocycles. The molecule has 0 radical (unpaired) electrons. The summed E-state index contributed by atoms with van der Waals surface area (Å²) in [6, 6.07) is 10.2. The van der Waals surface area contributed by atoms with E-state index in [-0.39, 0.29) is 19.0 Å². The maximum absolute atomic E-state index is 13.3. The molecule has 0 aliphatic carbocycles. The van der Waals surface area contributed by atoms with Crippen molar-refractivity contribution < 1.29 is 28.1 Å². The van der Waals surface area contributed by atoms with Crippen molar-refractivity contribution in [1.29, 1.82) is 0 Å². The van der Waals surface area contributed by atoms with Gasteiger partial charge in [-0.1, -0.05) is 12.1 Å². The lowest BCUT2D eigenvalue weighted by Gasteiger charge is -2.13. The number of hydrogen-bond acceptors (Lipinski definition) is 4. The minimum Gasteiger partial charge on any atom is -0.497 e. The van der Waals surface area contributed by atoms with Crippen LogP contribution in [0.25, 0.3) is 0 Å². The van der Waals surface area contributed by atoms with Crippen molar-refractivity contribution >= 4 is 0 Å². The highest BCUT2D eigenvalue weighted by atomic mass is 19.1. The predicted molar refractivity (Wildman–Crippen MR) is 80.5 cm³/mol. The maximum Gasteiger partial charge on any atom is 0.165 e. The molecule has 1 atom stereocenters. The molecule has 1 N–H and O–H groups in total. The Morgan fingerprint density at radius 3 is 2.48 bits per heavy atom. The molecule has 0 bridgehead atoms. The molecule has 0 saturated carbocycles. The number of rotatable bonds is 8. The number of aliphatic hydroxyl groups is 1. The molecule has 0 aromatic heterocycles. The molecular formula is C17H18F2O4. The molecule has 0 aliphatic rings. The van der Waals surface area contributed by atoms with Crippen molar-refractivity contribution in [3.8, 4) is 11.5 Å². The lowest BCUT2D eigenvalue weighted by molar-refractivity contribution is 0.00478. The number of halogens is 2. The first-order valence-electron chi connectivity index (χ1n) is 7.05. The summed E-state index contributed by atoms with van der Waals surface area (Å²) in [5, 5.41) is 9.74. The molecule has 0 amide bonds. The highest BCUT2D eigenvalue weighted by molar-refractivity contribution is 5.26. The molecule has 2 rings (SSSR count). The smallest absolute Gasteiger partial charge is 0.165 e. The number of hydrogen-bond donors (Lipinski definition) is 1. The van der Waals surface area contributed by atoms with Gasteiger partial charge in [-0.25, -0.2) is 8.78 Å². The molecule has 124 valence electrons. The lowest BCUT2D eigenvalue weighted by Crippen LogP contribution is -2.23. The van der Waals surface area contributed by atoms with Crippen molar-refractivity contribution in [3.63, 3.8) is 0 Å². The predicted octanol–water partition coefficient (Wildman–Crippen LogP) is 2.93. The fraction of sp³-hybridized carbons (Fsp3) is 0.294. The summed E-state index contributed by atoms with van der Waals surface area (Å²) in [4.78, 5) is 0. The molecule has 0 spiro atoms. The zero-order chi connectivity index (χ0) is 16.7. The lowest BCUT2D eigenvalue weighted by atomic mass is 10.2. The Morgan fingerprint density at radius 1 is 1.04 bits per heavy atom. The normalized spacial score (nSPS) is 12.0. The van der Waals surface area contributed by atoms with Crippen molar-refractivity contribution in [1.82, 2.24) is 0 Å². The molecule has 2 aromatic carbocycles. The number of ether oxygens (including phenoxy) is 3. The fourth-order valence-corrected chi connectivity index (χ4v) is 1.86. The summed E-state index contributed by atoms with van der Waals surface area (Å²) >= 11 is 0. The van der Waals surface area contributed by atoms with E-state index >= 15 is 0 Å². The molecule has 23 heavy (non-hydrogen) atoms. The van der Waals surface area contributed by atoms with Crippen molar-refractivity contribution in [2.45, 2.75) is 12.7 Å². The summed E-state index contributed by atoms with van der Waals surface area (Å²) in [5.74, 6) is -0.775. The minimum absolute atomic E-state index is 0.0168. The third kappa shape index (κ3) is 5.50. The zero-order valence-electron chi connectivity index (χ0n) is 12.7. The van der Waals surface area contributed by atoms with Gasteiger partial charge in [-0.05, 0) is 29.8 Å². The monoisotopic (exact) mass is 324 g/mol. The quantitative estimate of drug-likeness (QED) is 0.811. The van der Waals surface area contributed by atoms with Gasteiger partial charge in [0.2, 0.25) is 0 Å². The van der Waals surface area contributed by atoms with Crippen LogP contribution in [0.15, 0.2) is 42.5 Å².